The van der Waals surface area contributed by atoms with Crippen molar-refractivity contribution < 1.29 is 9.59 Å². The van der Waals surface area contributed by atoms with E-state index in [1.165, 1.54) is 6.42 Å². The molecule has 0 aromatic heterocycles. The molecule has 0 spiro atoms. The molecular weight excluding hydrogens is 366 g/mol. The number of likely N-dealkylation sites (tertiary alicyclic amines) is 2. The number of hydrogen-bond donors (Lipinski definition) is 2. The molecule has 2 heterocycles. The van der Waals surface area contributed by atoms with Gasteiger partial charge in [0.1, 0.15) is 0 Å². The minimum Gasteiger partial charge on any atom is -0.357 e. The van der Waals surface area contributed by atoms with Gasteiger partial charge >= 0.3 is 0 Å². The lowest BCUT2D eigenvalue weighted by atomic mass is 10.1. The molecule has 0 atom stereocenters. The van der Waals surface area contributed by atoms with Crippen molar-refractivity contribution in [3.05, 3.63) is 35.4 Å². The van der Waals surface area contributed by atoms with Gasteiger partial charge in [-0.2, -0.15) is 0 Å². The van der Waals surface area contributed by atoms with E-state index in [2.05, 4.69) is 15.6 Å². The molecule has 0 bridgehead atoms. The smallest absolute Gasteiger partial charge is 0.253 e. The predicted octanol–water partition coefficient (Wildman–Crippen LogP) is 1.99. The van der Waals surface area contributed by atoms with Crippen molar-refractivity contribution in [2.24, 2.45) is 4.99 Å². The molecule has 0 radical (unpaired) electrons. The van der Waals surface area contributed by atoms with E-state index in [0.29, 0.717) is 12.5 Å². The lowest BCUT2D eigenvalue weighted by Crippen LogP contribution is -2.44. The van der Waals surface area contributed by atoms with Gasteiger partial charge in [0.05, 0.1) is 13.1 Å². The van der Waals surface area contributed by atoms with Gasteiger partial charge in [-0.25, -0.2) is 4.99 Å². The van der Waals surface area contributed by atoms with Crippen molar-refractivity contribution in [3.63, 3.8) is 0 Å². The third kappa shape index (κ3) is 6.21. The number of rotatable bonds is 6. The van der Waals surface area contributed by atoms with Gasteiger partial charge in [-0.1, -0.05) is 12.1 Å². The van der Waals surface area contributed by atoms with Crippen LogP contribution in [0.1, 0.15) is 54.9 Å². The quantitative estimate of drug-likeness (QED) is 0.567. The van der Waals surface area contributed by atoms with Gasteiger partial charge in [0.15, 0.2) is 5.96 Å². The van der Waals surface area contributed by atoms with Gasteiger partial charge in [0.25, 0.3) is 5.91 Å². The van der Waals surface area contributed by atoms with Crippen molar-refractivity contribution in [3.8, 4) is 0 Å². The summed E-state index contributed by atoms with van der Waals surface area (Å²) in [5.74, 6) is 0.873. The summed E-state index contributed by atoms with van der Waals surface area (Å²) in [5, 5.41) is 6.31. The highest BCUT2D eigenvalue weighted by Crippen LogP contribution is 2.14. The SMILES string of the molecule is CCNC(=NCc1ccc(C(=O)N2CCCCC2)cc1)NCC(=O)N1CCCC1. The van der Waals surface area contributed by atoms with E-state index in [0.717, 1.165) is 69.5 Å². The second-order valence-electron chi connectivity index (χ2n) is 7.69. The van der Waals surface area contributed by atoms with Crippen LogP contribution >= 0.6 is 0 Å². The molecule has 2 aliphatic heterocycles. The van der Waals surface area contributed by atoms with Crippen molar-refractivity contribution in [1.29, 1.82) is 0 Å². The first kappa shape index (κ1) is 21.1. The van der Waals surface area contributed by atoms with Crippen LogP contribution in [0.3, 0.4) is 0 Å². The molecule has 0 unspecified atom stereocenters. The molecule has 7 nitrogen and oxygen atoms in total. The summed E-state index contributed by atoms with van der Waals surface area (Å²) in [5.41, 5.74) is 1.77. The van der Waals surface area contributed by atoms with Crippen molar-refractivity contribution in [1.82, 2.24) is 20.4 Å². The number of carbonyl (C=O) groups is 2. The monoisotopic (exact) mass is 399 g/mol. The lowest BCUT2D eigenvalue weighted by Gasteiger charge is -2.26. The average Bonchev–Trinajstić information content (AvgIpc) is 3.31. The van der Waals surface area contributed by atoms with Crippen molar-refractivity contribution in [2.45, 2.75) is 45.6 Å². The largest absolute Gasteiger partial charge is 0.357 e. The van der Waals surface area contributed by atoms with Crippen LogP contribution in [0.2, 0.25) is 0 Å². The maximum Gasteiger partial charge on any atom is 0.253 e. The lowest BCUT2D eigenvalue weighted by molar-refractivity contribution is -0.128. The van der Waals surface area contributed by atoms with Gasteiger partial charge in [-0.05, 0) is 56.7 Å². The summed E-state index contributed by atoms with van der Waals surface area (Å²) in [6.07, 6.45) is 5.59. The molecule has 158 valence electrons. The highest BCUT2D eigenvalue weighted by molar-refractivity contribution is 5.94. The van der Waals surface area contributed by atoms with Crippen molar-refractivity contribution >= 4 is 17.8 Å². The van der Waals surface area contributed by atoms with Gasteiger partial charge in [0, 0.05) is 38.3 Å². The first-order valence-corrected chi connectivity index (χ1v) is 10.9. The van der Waals surface area contributed by atoms with E-state index < -0.39 is 0 Å². The van der Waals surface area contributed by atoms with E-state index >= 15 is 0 Å². The van der Waals surface area contributed by atoms with Crippen LogP contribution in [0.25, 0.3) is 0 Å². The molecule has 0 saturated carbocycles. The van der Waals surface area contributed by atoms with Crippen molar-refractivity contribution in [2.75, 3.05) is 39.3 Å². The third-order valence-corrected chi connectivity index (χ3v) is 5.47. The Kier molecular flexibility index (Phi) is 7.90. The van der Waals surface area contributed by atoms with E-state index in [1.54, 1.807) is 0 Å². The number of guanidine groups is 1. The minimum atomic E-state index is 0.119. The molecular formula is C22H33N5O2. The molecule has 1 aromatic rings. The number of benzene rings is 1. The summed E-state index contributed by atoms with van der Waals surface area (Å²) in [6.45, 7) is 6.92. The maximum atomic E-state index is 12.6. The van der Waals surface area contributed by atoms with Crippen LogP contribution in [-0.2, 0) is 11.3 Å². The topological polar surface area (TPSA) is 77.0 Å². The predicted molar refractivity (Wildman–Crippen MR) is 115 cm³/mol. The number of nitrogens with zero attached hydrogens (tertiary/aromatic N) is 3. The fraction of sp³-hybridized carbons (Fsp3) is 0.591. The second-order valence-corrected chi connectivity index (χ2v) is 7.69. The van der Waals surface area contributed by atoms with E-state index in [9.17, 15) is 9.59 Å². The fourth-order valence-corrected chi connectivity index (χ4v) is 3.78. The summed E-state index contributed by atoms with van der Waals surface area (Å²) in [7, 11) is 0. The average molecular weight is 400 g/mol. The van der Waals surface area contributed by atoms with Crippen LogP contribution < -0.4 is 10.6 Å². The molecule has 2 fully saturated rings. The Morgan fingerprint density at radius 3 is 2.17 bits per heavy atom. The maximum absolute atomic E-state index is 12.6. The van der Waals surface area contributed by atoms with Crippen LogP contribution in [0, 0.1) is 0 Å². The molecule has 2 N–H and O–H groups in total. The molecule has 0 aliphatic carbocycles. The zero-order chi connectivity index (χ0) is 20.5. The van der Waals surface area contributed by atoms with Crippen LogP contribution in [0.4, 0.5) is 0 Å². The summed E-state index contributed by atoms with van der Waals surface area (Å²) >= 11 is 0. The highest BCUT2D eigenvalue weighted by Gasteiger charge is 2.18. The minimum absolute atomic E-state index is 0.119. The molecule has 3 rings (SSSR count). The van der Waals surface area contributed by atoms with Crippen LogP contribution in [0.15, 0.2) is 29.3 Å². The molecule has 2 aliphatic rings. The Hall–Kier alpha value is -2.57. The Bertz CT molecular complexity index is 704. The molecule has 2 amide bonds. The van der Waals surface area contributed by atoms with E-state index in [-0.39, 0.29) is 18.4 Å². The highest BCUT2D eigenvalue weighted by atomic mass is 16.2. The Balaban J connectivity index is 1.52. The van der Waals surface area contributed by atoms with Crippen LogP contribution in [-0.4, -0.2) is 66.8 Å². The van der Waals surface area contributed by atoms with Crippen LogP contribution in [0.5, 0.6) is 0 Å². The zero-order valence-corrected chi connectivity index (χ0v) is 17.5. The van der Waals surface area contributed by atoms with Gasteiger partial charge in [-0.3, -0.25) is 9.59 Å². The number of carbonyl (C=O) groups excluding carboxylic acids is 2. The molecule has 7 heteroatoms. The summed E-state index contributed by atoms with van der Waals surface area (Å²) in [4.78, 5) is 33.2. The Morgan fingerprint density at radius 2 is 1.52 bits per heavy atom. The normalized spacial score (nSPS) is 17.3. The fourth-order valence-electron chi connectivity index (χ4n) is 3.78. The Labute approximate surface area is 173 Å². The number of amides is 2. The summed E-state index contributed by atoms with van der Waals surface area (Å²) in [6, 6.07) is 7.69. The Morgan fingerprint density at radius 1 is 0.897 bits per heavy atom. The third-order valence-electron chi connectivity index (χ3n) is 5.47. The molecule has 2 saturated heterocycles. The number of aliphatic imine (C=N–C) groups is 1. The summed E-state index contributed by atoms with van der Waals surface area (Å²) < 4.78 is 0. The molecule has 1 aromatic carbocycles. The number of hydrogen-bond acceptors (Lipinski definition) is 3. The number of piperidine rings is 1. The first-order chi connectivity index (χ1) is 14.2. The standard InChI is InChI=1S/C22H33N5O2/c1-2-23-22(25-17-20(28)26-12-6-7-13-26)24-16-18-8-10-19(11-9-18)21(29)27-14-4-3-5-15-27/h8-11H,2-7,12-17H2,1H3,(H2,23,24,25). The van der Waals surface area contributed by atoms with Gasteiger partial charge in [-0.15, -0.1) is 0 Å². The van der Waals surface area contributed by atoms with Gasteiger partial charge < -0.3 is 20.4 Å². The molecule has 29 heavy (non-hydrogen) atoms. The first-order valence-electron chi connectivity index (χ1n) is 10.9. The number of nitrogens with one attached hydrogen (secondary N) is 2. The zero-order valence-electron chi connectivity index (χ0n) is 17.5. The van der Waals surface area contributed by atoms with Gasteiger partial charge in [0.2, 0.25) is 5.91 Å². The van der Waals surface area contributed by atoms with E-state index in [4.69, 9.17) is 0 Å². The second kappa shape index (κ2) is 10.8. The van der Waals surface area contributed by atoms with E-state index in [1.807, 2.05) is 41.0 Å².